The molecule has 1 heterocycles. The zero-order valence-electron chi connectivity index (χ0n) is 5.97. The number of halogens is 3. The Labute approximate surface area is 66.7 Å². The van der Waals surface area contributed by atoms with Gasteiger partial charge >= 0.3 is 0 Å². The van der Waals surface area contributed by atoms with Gasteiger partial charge in [0.1, 0.15) is 0 Å². The number of aliphatic hydroxyl groups is 1. The molecule has 0 aliphatic rings. The lowest BCUT2D eigenvalue weighted by atomic mass is 10.1. The lowest BCUT2D eigenvalue weighted by Crippen LogP contribution is -2.00. The SMILES string of the molecule is OCc1c(C(F)F)ccnc1F. The minimum Gasteiger partial charge on any atom is -0.391 e. The molecule has 2 nitrogen and oxygen atoms in total. The second-order valence-corrected chi connectivity index (χ2v) is 2.13. The fraction of sp³-hybridized carbons (Fsp3) is 0.286. The first-order valence-corrected chi connectivity index (χ1v) is 3.19. The fourth-order valence-electron chi connectivity index (χ4n) is 0.842. The minimum atomic E-state index is -2.79. The highest BCUT2D eigenvalue weighted by atomic mass is 19.3. The molecular formula is C7H6F3NO. The lowest BCUT2D eigenvalue weighted by Gasteiger charge is -2.05. The Balaban J connectivity index is 3.18. The van der Waals surface area contributed by atoms with Crippen molar-refractivity contribution in [3.63, 3.8) is 0 Å². The molecule has 0 aliphatic carbocycles. The normalized spacial score (nSPS) is 10.8. The van der Waals surface area contributed by atoms with Crippen LogP contribution in [0.4, 0.5) is 13.2 Å². The van der Waals surface area contributed by atoms with Crippen LogP contribution in [0.2, 0.25) is 0 Å². The van der Waals surface area contributed by atoms with Crippen LogP contribution in [-0.4, -0.2) is 10.1 Å². The number of alkyl halides is 2. The summed E-state index contributed by atoms with van der Waals surface area (Å²) >= 11 is 0. The van der Waals surface area contributed by atoms with Crippen molar-refractivity contribution in [1.82, 2.24) is 4.98 Å². The summed E-state index contributed by atoms with van der Waals surface area (Å²) in [5, 5.41) is 8.53. The molecule has 0 fully saturated rings. The topological polar surface area (TPSA) is 33.1 Å². The largest absolute Gasteiger partial charge is 0.391 e. The van der Waals surface area contributed by atoms with E-state index in [2.05, 4.69) is 4.98 Å². The van der Waals surface area contributed by atoms with E-state index < -0.39 is 30.1 Å². The maximum absolute atomic E-state index is 12.6. The number of pyridine rings is 1. The number of rotatable bonds is 2. The predicted octanol–water partition coefficient (Wildman–Crippen LogP) is 1.65. The van der Waals surface area contributed by atoms with E-state index in [0.29, 0.717) is 0 Å². The van der Waals surface area contributed by atoms with Crippen LogP contribution in [0.3, 0.4) is 0 Å². The third-order valence-electron chi connectivity index (χ3n) is 1.43. The minimum absolute atomic E-state index is 0.437. The van der Waals surface area contributed by atoms with Crippen molar-refractivity contribution in [3.05, 3.63) is 29.3 Å². The highest BCUT2D eigenvalue weighted by Crippen LogP contribution is 2.23. The first-order valence-electron chi connectivity index (χ1n) is 3.19. The van der Waals surface area contributed by atoms with E-state index in [1.54, 1.807) is 0 Å². The molecule has 1 rings (SSSR count). The molecule has 5 heteroatoms. The molecule has 0 amide bonds. The van der Waals surface area contributed by atoms with Gasteiger partial charge < -0.3 is 5.11 Å². The number of hydrogen-bond donors (Lipinski definition) is 1. The molecule has 1 N–H and O–H groups in total. The molecule has 0 aliphatic heterocycles. The number of aromatic nitrogens is 1. The molecule has 0 saturated heterocycles. The molecule has 0 atom stereocenters. The molecule has 0 saturated carbocycles. The van der Waals surface area contributed by atoms with Crippen molar-refractivity contribution in [2.75, 3.05) is 0 Å². The van der Waals surface area contributed by atoms with Crippen LogP contribution in [0.15, 0.2) is 12.3 Å². The summed E-state index contributed by atoms with van der Waals surface area (Å²) < 4.78 is 36.8. The van der Waals surface area contributed by atoms with E-state index in [1.807, 2.05) is 0 Å². The summed E-state index contributed by atoms with van der Waals surface area (Å²) in [4.78, 5) is 3.13. The van der Waals surface area contributed by atoms with E-state index in [0.717, 1.165) is 12.3 Å². The van der Waals surface area contributed by atoms with Crippen LogP contribution in [0.25, 0.3) is 0 Å². The quantitative estimate of drug-likeness (QED) is 0.696. The molecule has 12 heavy (non-hydrogen) atoms. The van der Waals surface area contributed by atoms with Gasteiger partial charge in [0, 0.05) is 17.3 Å². The third kappa shape index (κ3) is 1.55. The van der Waals surface area contributed by atoms with Crippen LogP contribution in [-0.2, 0) is 6.61 Å². The second kappa shape index (κ2) is 3.53. The van der Waals surface area contributed by atoms with Crippen molar-refractivity contribution in [2.24, 2.45) is 0 Å². The van der Waals surface area contributed by atoms with Crippen molar-refractivity contribution in [1.29, 1.82) is 0 Å². The molecule has 0 unspecified atom stereocenters. The second-order valence-electron chi connectivity index (χ2n) is 2.13. The standard InChI is InChI=1S/C7H6F3NO/c8-6(9)4-1-2-11-7(10)5(4)3-12/h1-2,6,12H,3H2. The van der Waals surface area contributed by atoms with Crippen LogP contribution in [0, 0.1) is 5.95 Å². The van der Waals surface area contributed by atoms with Gasteiger partial charge in [0.05, 0.1) is 6.61 Å². The fourth-order valence-corrected chi connectivity index (χ4v) is 0.842. The smallest absolute Gasteiger partial charge is 0.264 e. The van der Waals surface area contributed by atoms with E-state index in [4.69, 9.17) is 5.11 Å². The molecule has 0 bridgehead atoms. The molecule has 1 aromatic heterocycles. The van der Waals surface area contributed by atoms with E-state index >= 15 is 0 Å². The van der Waals surface area contributed by atoms with Gasteiger partial charge in [-0.15, -0.1) is 0 Å². The zero-order valence-corrected chi connectivity index (χ0v) is 5.97. The first-order chi connectivity index (χ1) is 5.66. The van der Waals surface area contributed by atoms with E-state index in [9.17, 15) is 13.2 Å². The average Bonchev–Trinajstić information content (AvgIpc) is 2.03. The summed E-state index contributed by atoms with van der Waals surface area (Å²) in [6.07, 6.45) is -1.85. The first kappa shape index (κ1) is 8.99. The van der Waals surface area contributed by atoms with E-state index in [1.165, 1.54) is 0 Å². The van der Waals surface area contributed by atoms with Crippen molar-refractivity contribution < 1.29 is 18.3 Å². The Morgan fingerprint density at radius 3 is 2.58 bits per heavy atom. The van der Waals surface area contributed by atoms with Gasteiger partial charge in [0.2, 0.25) is 5.95 Å². The lowest BCUT2D eigenvalue weighted by molar-refractivity contribution is 0.145. The van der Waals surface area contributed by atoms with Crippen LogP contribution in [0.1, 0.15) is 17.6 Å². The average molecular weight is 177 g/mol. The number of aliphatic hydroxyl groups excluding tert-OH is 1. The highest BCUT2D eigenvalue weighted by molar-refractivity contribution is 5.24. The van der Waals surface area contributed by atoms with Gasteiger partial charge in [-0.3, -0.25) is 0 Å². The van der Waals surface area contributed by atoms with Crippen LogP contribution >= 0.6 is 0 Å². The Morgan fingerprint density at radius 2 is 2.17 bits per heavy atom. The summed E-state index contributed by atoms with van der Waals surface area (Å²) in [5.74, 6) is -1.05. The van der Waals surface area contributed by atoms with Gasteiger partial charge in [-0.05, 0) is 6.07 Å². The summed E-state index contributed by atoms with van der Waals surface area (Å²) in [5.41, 5.74) is -0.947. The predicted molar refractivity (Wildman–Crippen MR) is 35.1 cm³/mol. The Hall–Kier alpha value is -1.10. The maximum Gasteiger partial charge on any atom is 0.264 e. The van der Waals surface area contributed by atoms with Crippen molar-refractivity contribution >= 4 is 0 Å². The number of hydrogen-bond acceptors (Lipinski definition) is 2. The summed E-state index contributed by atoms with van der Waals surface area (Å²) in [7, 11) is 0. The number of nitrogens with zero attached hydrogens (tertiary/aromatic N) is 1. The Kier molecular flexibility index (Phi) is 2.65. The monoisotopic (exact) mass is 177 g/mol. The molecule has 0 radical (unpaired) electrons. The van der Waals surface area contributed by atoms with Gasteiger partial charge in [-0.25, -0.2) is 13.8 Å². The van der Waals surface area contributed by atoms with Gasteiger partial charge in [0.25, 0.3) is 6.43 Å². The molecular weight excluding hydrogens is 171 g/mol. The van der Waals surface area contributed by atoms with Gasteiger partial charge in [0.15, 0.2) is 0 Å². The molecule has 66 valence electrons. The van der Waals surface area contributed by atoms with Crippen molar-refractivity contribution in [3.8, 4) is 0 Å². The van der Waals surface area contributed by atoms with Gasteiger partial charge in [-0.2, -0.15) is 4.39 Å². The van der Waals surface area contributed by atoms with Crippen LogP contribution in [0.5, 0.6) is 0 Å². The highest BCUT2D eigenvalue weighted by Gasteiger charge is 2.15. The molecule has 0 aromatic carbocycles. The summed E-state index contributed by atoms with van der Waals surface area (Å²) in [6.45, 7) is -0.765. The van der Waals surface area contributed by atoms with Crippen LogP contribution < -0.4 is 0 Å². The maximum atomic E-state index is 12.6. The third-order valence-corrected chi connectivity index (χ3v) is 1.43. The Bertz CT molecular complexity index is 277. The zero-order chi connectivity index (χ0) is 9.14. The summed E-state index contributed by atoms with van der Waals surface area (Å²) in [6, 6.07) is 0.985. The molecule has 1 aromatic rings. The van der Waals surface area contributed by atoms with E-state index in [-0.39, 0.29) is 0 Å². The Morgan fingerprint density at radius 1 is 1.50 bits per heavy atom. The van der Waals surface area contributed by atoms with Crippen molar-refractivity contribution in [2.45, 2.75) is 13.0 Å². The molecule has 0 spiro atoms. The van der Waals surface area contributed by atoms with Gasteiger partial charge in [-0.1, -0.05) is 0 Å².